The van der Waals surface area contributed by atoms with Crippen LogP contribution in [0.5, 0.6) is 0 Å². The molecule has 0 radical (unpaired) electrons. The zero-order valence-electron chi connectivity index (χ0n) is 27.6. The molecule has 0 aliphatic carbocycles. The molecule has 0 saturated carbocycles. The third-order valence-corrected chi connectivity index (χ3v) is 13.3. The van der Waals surface area contributed by atoms with E-state index in [1.807, 2.05) is 47.2 Å². The summed E-state index contributed by atoms with van der Waals surface area (Å²) >= 11 is 6.23. The van der Waals surface area contributed by atoms with Gasteiger partial charge in [-0.2, -0.15) is 0 Å². The Hall–Kier alpha value is -3.66. The zero-order valence-corrected chi connectivity index (χ0v) is 32.5. The number of anilines is 2. The normalized spacial score (nSPS) is 11.4. The summed E-state index contributed by atoms with van der Waals surface area (Å²) in [4.78, 5) is 24.9. The van der Waals surface area contributed by atoms with Gasteiger partial charge >= 0.3 is 0 Å². The third-order valence-electron chi connectivity index (χ3n) is 7.37. The largest absolute Gasteiger partial charge is 0.380 e. The molecule has 3 aromatic carbocycles. The lowest BCUT2D eigenvalue weighted by atomic mass is 10.0. The summed E-state index contributed by atoms with van der Waals surface area (Å²) in [6.45, 7) is 3.74. The fraction of sp³-hybridized carbons (Fsp3) is 0.222. The minimum Gasteiger partial charge on any atom is -0.380 e. The Morgan fingerprint density at radius 1 is 0.700 bits per heavy atom. The average Bonchev–Trinajstić information content (AvgIpc) is 3.74. The predicted molar refractivity (Wildman–Crippen MR) is 205 cm³/mol. The Balaban J connectivity index is 0.000000237. The number of thiophene rings is 2. The second-order valence-corrected chi connectivity index (χ2v) is 18.3. The van der Waals surface area contributed by atoms with Crippen molar-refractivity contribution in [1.82, 2.24) is 0 Å². The number of hydrogen-bond acceptors (Lipinski definition) is 9. The highest BCUT2D eigenvalue weighted by Crippen LogP contribution is 2.32. The number of nitrogens with one attached hydrogen (secondary N) is 2. The Kier molecular flexibility index (Phi) is 14.1. The van der Waals surface area contributed by atoms with Crippen LogP contribution in [0.4, 0.5) is 10.0 Å². The molecule has 50 heavy (non-hydrogen) atoms. The molecule has 264 valence electrons. The first-order valence-electron chi connectivity index (χ1n) is 15.5. The summed E-state index contributed by atoms with van der Waals surface area (Å²) in [5.74, 6) is -0.147. The maximum Gasteiger partial charge on any atom is 0.229 e. The lowest BCUT2D eigenvalue weighted by molar-refractivity contribution is -0.116. The van der Waals surface area contributed by atoms with Crippen LogP contribution in [-0.2, 0) is 53.4 Å². The first kappa shape index (κ1) is 39.1. The number of amides is 2. The highest BCUT2D eigenvalue weighted by molar-refractivity contribution is 9.10. The Labute approximate surface area is 309 Å². The van der Waals surface area contributed by atoms with Crippen LogP contribution in [0, 0.1) is 0 Å². The molecule has 0 aliphatic rings. The van der Waals surface area contributed by atoms with Gasteiger partial charge in [0.05, 0.1) is 50.7 Å². The maximum atomic E-state index is 12.4. The molecular formula is C36H37BrN2O7S4. The summed E-state index contributed by atoms with van der Waals surface area (Å²) < 4.78 is 53.3. The van der Waals surface area contributed by atoms with Gasteiger partial charge in [0.25, 0.3) is 0 Å². The molecule has 14 heteroatoms. The summed E-state index contributed by atoms with van der Waals surface area (Å²) in [6, 6.07) is 24.7. The highest BCUT2D eigenvalue weighted by atomic mass is 79.9. The number of rotatable bonds is 13. The van der Waals surface area contributed by atoms with Gasteiger partial charge in [0.15, 0.2) is 19.7 Å². The highest BCUT2D eigenvalue weighted by Gasteiger charge is 2.14. The number of sulfone groups is 2. The monoisotopic (exact) mass is 816 g/mol. The van der Waals surface area contributed by atoms with Crippen molar-refractivity contribution in [3.05, 3.63) is 117 Å². The van der Waals surface area contributed by atoms with Crippen LogP contribution >= 0.6 is 38.6 Å². The zero-order chi connectivity index (χ0) is 36.3. The van der Waals surface area contributed by atoms with Gasteiger partial charge in [-0.05, 0) is 80.1 Å². The second kappa shape index (κ2) is 18.0. The maximum absolute atomic E-state index is 12.4. The van der Waals surface area contributed by atoms with Gasteiger partial charge in [-0.3, -0.25) is 9.59 Å². The Bertz CT molecular complexity index is 2120. The van der Waals surface area contributed by atoms with E-state index in [-0.39, 0.29) is 46.0 Å². The first-order valence-corrected chi connectivity index (χ1v) is 21.3. The van der Waals surface area contributed by atoms with E-state index in [1.54, 1.807) is 69.5 Å². The molecule has 9 nitrogen and oxygen atoms in total. The third kappa shape index (κ3) is 11.2. The second-order valence-electron chi connectivity index (χ2n) is 11.0. The summed E-state index contributed by atoms with van der Waals surface area (Å²) in [6.07, 6.45) is 0.391. The van der Waals surface area contributed by atoms with Crippen molar-refractivity contribution >= 4 is 80.1 Å². The molecule has 0 saturated heterocycles. The van der Waals surface area contributed by atoms with Gasteiger partial charge in [-0.15, -0.1) is 22.7 Å². The van der Waals surface area contributed by atoms with Crippen molar-refractivity contribution in [2.24, 2.45) is 0 Å². The minimum absolute atomic E-state index is 0.0566. The lowest BCUT2D eigenvalue weighted by Gasteiger charge is -2.07. The summed E-state index contributed by atoms with van der Waals surface area (Å²) in [7, 11) is -4.76. The van der Waals surface area contributed by atoms with E-state index >= 15 is 0 Å². The lowest BCUT2D eigenvalue weighted by Crippen LogP contribution is -2.13. The van der Waals surface area contributed by atoms with Crippen LogP contribution in [0.2, 0.25) is 0 Å². The Morgan fingerprint density at radius 3 is 1.64 bits per heavy atom. The van der Waals surface area contributed by atoms with Gasteiger partial charge < -0.3 is 15.4 Å². The standard InChI is InChI=1S/C22H23NO4S2.C14H14BrNO3S2/c1-3-29(25,26)19-10-8-16(9-11-19)12-21(24)23-22-13-18(15-28-22)20-7-5-4-6-17(20)14-27-2;1-2-21(18,19)12-5-3-10(4-6-12)7-13(17)16-14-8-11(15)9-20-14/h4-11,13,15H,3,12,14H2,1-2H3,(H,23,24);3-6,8-9H,2,7H2,1H3,(H,16,17). The molecule has 0 spiro atoms. The molecular weight excluding hydrogens is 781 g/mol. The molecule has 0 bridgehead atoms. The molecule has 0 aliphatic heterocycles. The van der Waals surface area contributed by atoms with Gasteiger partial charge in [0.1, 0.15) is 0 Å². The quantitative estimate of drug-likeness (QED) is 0.123. The molecule has 2 aromatic heterocycles. The molecule has 0 atom stereocenters. The smallest absolute Gasteiger partial charge is 0.229 e. The number of carbonyl (C=O) groups is 2. The van der Waals surface area contributed by atoms with E-state index in [4.69, 9.17) is 4.74 Å². The number of ether oxygens (including phenoxy) is 1. The van der Waals surface area contributed by atoms with Gasteiger partial charge in [-0.25, -0.2) is 16.8 Å². The van der Waals surface area contributed by atoms with Crippen molar-refractivity contribution in [2.75, 3.05) is 29.2 Å². The number of carbonyl (C=O) groups excluding carboxylic acids is 2. The molecule has 0 fully saturated rings. The molecule has 0 unspecified atom stereocenters. The SMILES string of the molecule is CCS(=O)(=O)c1ccc(CC(=O)Nc2cc(-c3ccccc3COC)cs2)cc1.CCS(=O)(=O)c1ccc(CC(=O)Nc2cc(Br)cs2)cc1. The van der Waals surface area contributed by atoms with Crippen LogP contribution in [0.1, 0.15) is 30.5 Å². The molecule has 2 amide bonds. The van der Waals surface area contributed by atoms with E-state index in [1.165, 1.54) is 22.7 Å². The van der Waals surface area contributed by atoms with Crippen molar-refractivity contribution in [3.8, 4) is 11.1 Å². The number of benzene rings is 3. The topological polar surface area (TPSA) is 136 Å². The van der Waals surface area contributed by atoms with Crippen molar-refractivity contribution in [3.63, 3.8) is 0 Å². The number of methoxy groups -OCH3 is 1. The first-order chi connectivity index (χ1) is 23.8. The fourth-order valence-electron chi connectivity index (χ4n) is 4.70. The summed E-state index contributed by atoms with van der Waals surface area (Å²) in [5.41, 5.74) is 4.75. The van der Waals surface area contributed by atoms with Gasteiger partial charge in [-0.1, -0.05) is 62.4 Å². The van der Waals surface area contributed by atoms with Crippen LogP contribution in [0.3, 0.4) is 0 Å². The van der Waals surface area contributed by atoms with Crippen LogP contribution in [0.15, 0.2) is 110 Å². The van der Waals surface area contributed by atoms with Crippen LogP contribution < -0.4 is 10.6 Å². The van der Waals surface area contributed by atoms with Crippen molar-refractivity contribution in [1.29, 1.82) is 0 Å². The van der Waals surface area contributed by atoms with E-state index in [0.717, 1.165) is 42.3 Å². The molecule has 2 heterocycles. The van der Waals surface area contributed by atoms with Crippen LogP contribution in [-0.4, -0.2) is 47.3 Å². The van der Waals surface area contributed by atoms with E-state index in [9.17, 15) is 26.4 Å². The molecule has 5 rings (SSSR count). The number of halogens is 1. The Morgan fingerprint density at radius 2 is 1.18 bits per heavy atom. The average molecular weight is 818 g/mol. The van der Waals surface area contributed by atoms with Crippen molar-refractivity contribution < 1.29 is 31.2 Å². The predicted octanol–water partition coefficient (Wildman–Crippen LogP) is 8.02. The minimum atomic E-state index is -3.23. The summed E-state index contributed by atoms with van der Waals surface area (Å²) in [5, 5.41) is 11.2. The van der Waals surface area contributed by atoms with Crippen LogP contribution in [0.25, 0.3) is 11.1 Å². The molecule has 5 aromatic rings. The van der Waals surface area contributed by atoms with Gasteiger partial charge in [0, 0.05) is 22.3 Å². The van der Waals surface area contributed by atoms with E-state index in [0.29, 0.717) is 6.61 Å². The van der Waals surface area contributed by atoms with Gasteiger partial charge in [0.2, 0.25) is 11.8 Å². The van der Waals surface area contributed by atoms with E-state index in [2.05, 4.69) is 26.6 Å². The van der Waals surface area contributed by atoms with E-state index < -0.39 is 19.7 Å². The molecule has 2 N–H and O–H groups in total. The fourth-order valence-corrected chi connectivity index (χ4v) is 8.62. The van der Waals surface area contributed by atoms with Crippen molar-refractivity contribution in [2.45, 2.75) is 43.1 Å². The number of hydrogen-bond donors (Lipinski definition) is 2.